The molecule has 1 aliphatic carbocycles. The van der Waals surface area contributed by atoms with E-state index in [0.717, 1.165) is 0 Å². The fourth-order valence-corrected chi connectivity index (χ4v) is 5.93. The van der Waals surface area contributed by atoms with E-state index < -0.39 is 98.5 Å². The molecule has 0 aromatic rings. The van der Waals surface area contributed by atoms with E-state index in [0.29, 0.717) is 6.42 Å². The molecule has 3 heterocycles. The molecule has 0 aromatic carbocycles. The van der Waals surface area contributed by atoms with E-state index in [2.05, 4.69) is 5.32 Å². The van der Waals surface area contributed by atoms with Crippen LogP contribution in [-0.2, 0) is 23.7 Å². The van der Waals surface area contributed by atoms with Gasteiger partial charge in [-0.25, -0.2) is 0 Å². The van der Waals surface area contributed by atoms with Crippen molar-refractivity contribution in [3.8, 4) is 0 Å². The number of aliphatic hydroxyl groups excluding tert-OH is 6. The van der Waals surface area contributed by atoms with Crippen LogP contribution in [0.25, 0.3) is 0 Å². The molecule has 3 aliphatic heterocycles. The first-order chi connectivity index (χ1) is 17.5. The topological polar surface area (TPSA) is 232 Å². The van der Waals surface area contributed by atoms with Gasteiger partial charge in [0.2, 0.25) is 0 Å². The van der Waals surface area contributed by atoms with E-state index in [-0.39, 0.29) is 18.3 Å². The molecule has 11 N–H and O–H groups in total. The van der Waals surface area contributed by atoms with E-state index in [9.17, 15) is 30.6 Å². The highest BCUT2D eigenvalue weighted by molar-refractivity contribution is 5.00. The summed E-state index contributed by atoms with van der Waals surface area (Å²) in [5.41, 5.74) is 12.1. The molecule has 4 rings (SSSR count). The average Bonchev–Trinajstić information content (AvgIpc) is 2.86. The summed E-state index contributed by atoms with van der Waals surface area (Å²) in [6.07, 6.45) is -11.9. The number of rotatable bonds is 6. The van der Waals surface area contributed by atoms with E-state index >= 15 is 0 Å². The van der Waals surface area contributed by atoms with Crippen molar-refractivity contribution in [1.29, 1.82) is 0 Å². The quantitative estimate of drug-likeness (QED) is 0.156. The summed E-state index contributed by atoms with van der Waals surface area (Å²) in [4.78, 5) is 0. The standard InChI is InChI=1S/C23H43N3O11/c1-7-4-8(2)19(17(31)14(7)28)35-21-9(24)5-10-20(36-21)16(30)13(26-3)22(33-10)37-23-18(32)15(29)12(25)11(6-27)34-23/h7-23,26-32H,4-6,24-25H2,1-3H3. The van der Waals surface area contributed by atoms with E-state index in [1.165, 1.54) is 0 Å². The van der Waals surface area contributed by atoms with Crippen molar-refractivity contribution in [2.45, 2.75) is 119 Å². The van der Waals surface area contributed by atoms with Gasteiger partial charge < -0.3 is 71.1 Å². The van der Waals surface area contributed by atoms with Gasteiger partial charge in [0.15, 0.2) is 18.9 Å². The Hall–Kier alpha value is -0.560. The largest absolute Gasteiger partial charge is 0.394 e. The van der Waals surface area contributed by atoms with Gasteiger partial charge in [-0.2, -0.15) is 0 Å². The van der Waals surface area contributed by atoms with Crippen molar-refractivity contribution in [3.63, 3.8) is 0 Å². The first-order valence-corrected chi connectivity index (χ1v) is 12.9. The third-order valence-corrected chi connectivity index (χ3v) is 8.23. The van der Waals surface area contributed by atoms with Crippen LogP contribution in [0, 0.1) is 11.8 Å². The SMILES string of the molecule is CNC1C(OC2OC(CO)C(N)C(O)C2O)OC2CC(N)C(OC3C(C)CC(C)C(O)C3O)OC2C1O. The monoisotopic (exact) mass is 537 g/mol. The van der Waals surface area contributed by atoms with Crippen molar-refractivity contribution in [1.82, 2.24) is 5.32 Å². The molecule has 216 valence electrons. The molecule has 37 heavy (non-hydrogen) atoms. The van der Waals surface area contributed by atoms with Crippen LogP contribution >= 0.6 is 0 Å². The highest BCUT2D eigenvalue weighted by Crippen LogP contribution is 2.37. The number of aliphatic hydroxyl groups is 6. The van der Waals surface area contributed by atoms with Gasteiger partial charge in [0.05, 0.1) is 43.0 Å². The van der Waals surface area contributed by atoms with Crippen LogP contribution in [0.5, 0.6) is 0 Å². The Morgan fingerprint density at radius 2 is 1.49 bits per heavy atom. The second-order valence-corrected chi connectivity index (χ2v) is 10.9. The van der Waals surface area contributed by atoms with Gasteiger partial charge in [-0.15, -0.1) is 0 Å². The third kappa shape index (κ3) is 5.69. The molecule has 4 aliphatic rings. The summed E-state index contributed by atoms with van der Waals surface area (Å²) < 4.78 is 29.5. The van der Waals surface area contributed by atoms with Crippen LogP contribution in [-0.4, -0.2) is 136 Å². The molecule has 14 nitrogen and oxygen atoms in total. The number of likely N-dealkylation sites (N-methyl/N-ethyl adjacent to an activating group) is 1. The summed E-state index contributed by atoms with van der Waals surface area (Å²) in [6, 6.07) is -2.53. The summed E-state index contributed by atoms with van der Waals surface area (Å²) in [5, 5.41) is 65.2. The van der Waals surface area contributed by atoms with Crippen molar-refractivity contribution >= 4 is 0 Å². The van der Waals surface area contributed by atoms with Crippen LogP contribution in [0.3, 0.4) is 0 Å². The number of nitrogens with one attached hydrogen (secondary N) is 1. The zero-order chi connectivity index (χ0) is 27.2. The minimum absolute atomic E-state index is 0.0505. The molecule has 1 saturated carbocycles. The molecule has 14 heteroatoms. The lowest BCUT2D eigenvalue weighted by molar-refractivity contribution is -0.373. The maximum absolute atomic E-state index is 11.2. The van der Waals surface area contributed by atoms with Crippen LogP contribution in [0.4, 0.5) is 0 Å². The molecule has 0 bridgehead atoms. The van der Waals surface area contributed by atoms with Gasteiger partial charge in [0.1, 0.15) is 36.6 Å². The van der Waals surface area contributed by atoms with Crippen LogP contribution in [0.15, 0.2) is 0 Å². The average molecular weight is 538 g/mol. The molecule has 0 amide bonds. The second kappa shape index (κ2) is 11.9. The number of fused-ring (bicyclic) bond motifs is 1. The summed E-state index contributed by atoms with van der Waals surface area (Å²) >= 11 is 0. The molecule has 17 atom stereocenters. The zero-order valence-electron chi connectivity index (χ0n) is 21.3. The minimum Gasteiger partial charge on any atom is -0.394 e. The van der Waals surface area contributed by atoms with Crippen molar-refractivity contribution in [2.24, 2.45) is 23.3 Å². The molecule has 0 spiro atoms. The van der Waals surface area contributed by atoms with Gasteiger partial charge in [-0.1, -0.05) is 13.8 Å². The Morgan fingerprint density at radius 1 is 0.784 bits per heavy atom. The summed E-state index contributed by atoms with van der Waals surface area (Å²) in [6.45, 7) is 3.31. The fraction of sp³-hybridized carbons (Fsp3) is 1.00. The second-order valence-electron chi connectivity index (χ2n) is 10.9. The Kier molecular flexibility index (Phi) is 9.46. The number of hydrogen-bond acceptors (Lipinski definition) is 14. The highest BCUT2D eigenvalue weighted by Gasteiger charge is 2.54. The maximum Gasteiger partial charge on any atom is 0.189 e. The van der Waals surface area contributed by atoms with E-state index in [1.807, 2.05) is 13.8 Å². The number of hydrogen-bond donors (Lipinski definition) is 9. The molecule has 3 saturated heterocycles. The summed E-state index contributed by atoms with van der Waals surface area (Å²) in [7, 11) is 1.58. The Labute approximate surface area is 215 Å². The number of ether oxygens (including phenoxy) is 5. The molecule has 0 aromatic heterocycles. The predicted molar refractivity (Wildman–Crippen MR) is 125 cm³/mol. The minimum atomic E-state index is -1.52. The van der Waals surface area contributed by atoms with Gasteiger partial charge in [0.25, 0.3) is 0 Å². The van der Waals surface area contributed by atoms with Gasteiger partial charge in [-0.05, 0) is 31.7 Å². The first kappa shape index (κ1) is 29.4. The zero-order valence-corrected chi connectivity index (χ0v) is 21.3. The van der Waals surface area contributed by atoms with Crippen molar-refractivity contribution < 1.29 is 54.3 Å². The molecule has 17 unspecified atom stereocenters. The lowest BCUT2D eigenvalue weighted by atomic mass is 9.77. The first-order valence-electron chi connectivity index (χ1n) is 12.9. The van der Waals surface area contributed by atoms with Gasteiger partial charge in [-0.3, -0.25) is 0 Å². The van der Waals surface area contributed by atoms with E-state index in [4.69, 9.17) is 35.2 Å². The molecular weight excluding hydrogens is 494 g/mol. The lowest BCUT2D eigenvalue weighted by Gasteiger charge is -2.51. The highest BCUT2D eigenvalue weighted by atomic mass is 16.8. The third-order valence-electron chi connectivity index (χ3n) is 8.23. The molecular formula is C23H43N3O11. The Balaban J connectivity index is 1.43. The van der Waals surface area contributed by atoms with Gasteiger partial charge in [0, 0.05) is 0 Å². The van der Waals surface area contributed by atoms with Crippen LogP contribution in [0.2, 0.25) is 0 Å². The van der Waals surface area contributed by atoms with Crippen LogP contribution in [0.1, 0.15) is 26.7 Å². The van der Waals surface area contributed by atoms with Crippen molar-refractivity contribution in [2.75, 3.05) is 13.7 Å². The maximum atomic E-state index is 11.2. The Bertz CT molecular complexity index is 751. The predicted octanol–water partition coefficient (Wildman–Crippen LogP) is -4.33. The lowest BCUT2D eigenvalue weighted by Crippen LogP contribution is -2.69. The fourth-order valence-electron chi connectivity index (χ4n) is 5.93. The molecule has 0 radical (unpaired) electrons. The van der Waals surface area contributed by atoms with E-state index in [1.54, 1.807) is 7.05 Å². The smallest absolute Gasteiger partial charge is 0.189 e. The Morgan fingerprint density at radius 3 is 2.14 bits per heavy atom. The van der Waals surface area contributed by atoms with Crippen molar-refractivity contribution in [3.05, 3.63) is 0 Å². The normalized spacial score (nSPS) is 55.1. The number of nitrogens with two attached hydrogens (primary N) is 2. The summed E-state index contributed by atoms with van der Waals surface area (Å²) in [5.74, 6) is -0.126. The van der Waals surface area contributed by atoms with Crippen LogP contribution < -0.4 is 16.8 Å². The van der Waals surface area contributed by atoms with Gasteiger partial charge >= 0.3 is 0 Å². The molecule has 4 fully saturated rings.